The second-order valence-electron chi connectivity index (χ2n) is 6.11. The standard InChI is InChI=1S/C18H19FN2O3/c19-15-8-4-1-5-12(15)9-10-20-16(22)11-21-17(23)13-6-2-3-7-14(13)18(21)24/h1-5,8,13-14H,6-7,9-11H2,(H,20,22)/t13-,14+. The maximum atomic E-state index is 13.5. The van der Waals surface area contributed by atoms with E-state index in [-0.39, 0.29) is 42.6 Å². The molecule has 1 N–H and O–H groups in total. The summed E-state index contributed by atoms with van der Waals surface area (Å²) >= 11 is 0. The molecule has 0 aromatic heterocycles. The average Bonchev–Trinajstić information content (AvgIpc) is 2.82. The molecule has 6 heteroatoms. The van der Waals surface area contributed by atoms with Crippen LogP contribution in [0.5, 0.6) is 0 Å². The number of allylic oxidation sites excluding steroid dienone is 2. The van der Waals surface area contributed by atoms with E-state index in [9.17, 15) is 18.8 Å². The number of carbonyl (C=O) groups is 3. The molecule has 1 fully saturated rings. The van der Waals surface area contributed by atoms with E-state index in [0.29, 0.717) is 24.8 Å². The largest absolute Gasteiger partial charge is 0.354 e. The minimum absolute atomic E-state index is 0.254. The van der Waals surface area contributed by atoms with E-state index in [1.165, 1.54) is 6.07 Å². The number of rotatable bonds is 5. The van der Waals surface area contributed by atoms with Crippen LogP contribution in [0.4, 0.5) is 4.39 Å². The van der Waals surface area contributed by atoms with Gasteiger partial charge in [0.25, 0.3) is 0 Å². The molecule has 0 saturated carbocycles. The van der Waals surface area contributed by atoms with Crippen molar-refractivity contribution in [2.24, 2.45) is 11.8 Å². The Balaban J connectivity index is 1.51. The van der Waals surface area contributed by atoms with Crippen molar-refractivity contribution in [2.75, 3.05) is 13.1 Å². The zero-order chi connectivity index (χ0) is 17.1. The summed E-state index contributed by atoms with van der Waals surface area (Å²) in [4.78, 5) is 37.6. The summed E-state index contributed by atoms with van der Waals surface area (Å²) in [6.45, 7) is -0.00760. The molecule has 0 unspecified atom stereocenters. The molecule has 24 heavy (non-hydrogen) atoms. The van der Waals surface area contributed by atoms with Crippen molar-refractivity contribution in [3.05, 3.63) is 47.8 Å². The van der Waals surface area contributed by atoms with Crippen LogP contribution in [0.25, 0.3) is 0 Å². The quantitative estimate of drug-likeness (QED) is 0.656. The van der Waals surface area contributed by atoms with Gasteiger partial charge in [0.1, 0.15) is 12.4 Å². The van der Waals surface area contributed by atoms with Crippen molar-refractivity contribution < 1.29 is 18.8 Å². The first-order chi connectivity index (χ1) is 11.6. The Bertz CT molecular complexity index is 675. The number of hydrogen-bond acceptors (Lipinski definition) is 3. The molecular formula is C18H19FN2O3. The number of halogens is 1. The van der Waals surface area contributed by atoms with Crippen LogP contribution in [0.3, 0.4) is 0 Å². The Hall–Kier alpha value is -2.50. The van der Waals surface area contributed by atoms with E-state index in [0.717, 1.165) is 4.90 Å². The second-order valence-corrected chi connectivity index (χ2v) is 6.11. The number of fused-ring (bicyclic) bond motifs is 1. The van der Waals surface area contributed by atoms with Gasteiger partial charge in [-0.05, 0) is 30.9 Å². The smallest absolute Gasteiger partial charge is 0.240 e. The summed E-state index contributed by atoms with van der Waals surface area (Å²) in [6, 6.07) is 6.37. The van der Waals surface area contributed by atoms with E-state index in [2.05, 4.69) is 5.32 Å². The van der Waals surface area contributed by atoms with Crippen molar-refractivity contribution in [1.82, 2.24) is 10.2 Å². The molecule has 126 valence electrons. The van der Waals surface area contributed by atoms with Gasteiger partial charge in [-0.1, -0.05) is 30.4 Å². The second kappa shape index (κ2) is 6.95. The molecule has 1 aromatic carbocycles. The summed E-state index contributed by atoms with van der Waals surface area (Å²) in [5.74, 6) is -1.90. The maximum Gasteiger partial charge on any atom is 0.240 e. The third-order valence-corrected chi connectivity index (χ3v) is 4.57. The lowest BCUT2D eigenvalue weighted by Gasteiger charge is -2.14. The lowest BCUT2D eigenvalue weighted by Crippen LogP contribution is -2.41. The van der Waals surface area contributed by atoms with E-state index in [4.69, 9.17) is 0 Å². The average molecular weight is 330 g/mol. The highest BCUT2D eigenvalue weighted by atomic mass is 19.1. The molecule has 1 saturated heterocycles. The fourth-order valence-electron chi connectivity index (χ4n) is 3.26. The number of hydrogen-bond donors (Lipinski definition) is 1. The normalized spacial score (nSPS) is 22.6. The highest BCUT2D eigenvalue weighted by molar-refractivity contribution is 6.07. The van der Waals surface area contributed by atoms with Crippen LogP contribution in [0, 0.1) is 17.7 Å². The highest BCUT2D eigenvalue weighted by Crippen LogP contribution is 2.34. The van der Waals surface area contributed by atoms with E-state index >= 15 is 0 Å². The van der Waals surface area contributed by atoms with Gasteiger partial charge in [0, 0.05) is 6.54 Å². The van der Waals surface area contributed by atoms with Gasteiger partial charge < -0.3 is 5.32 Å². The molecule has 5 nitrogen and oxygen atoms in total. The van der Waals surface area contributed by atoms with E-state index in [1.54, 1.807) is 18.2 Å². The summed E-state index contributed by atoms with van der Waals surface area (Å²) in [6.07, 6.45) is 5.28. The highest BCUT2D eigenvalue weighted by Gasteiger charge is 2.47. The van der Waals surface area contributed by atoms with Gasteiger partial charge in [-0.2, -0.15) is 0 Å². The van der Waals surface area contributed by atoms with Gasteiger partial charge in [-0.25, -0.2) is 4.39 Å². The van der Waals surface area contributed by atoms with Gasteiger partial charge >= 0.3 is 0 Å². The zero-order valence-electron chi connectivity index (χ0n) is 13.2. The molecule has 2 aliphatic rings. The van der Waals surface area contributed by atoms with Crippen LogP contribution in [0.15, 0.2) is 36.4 Å². The monoisotopic (exact) mass is 330 g/mol. The molecule has 0 bridgehead atoms. The summed E-state index contributed by atoms with van der Waals surface area (Å²) in [7, 11) is 0. The van der Waals surface area contributed by atoms with Crippen molar-refractivity contribution in [3.63, 3.8) is 0 Å². The number of carbonyl (C=O) groups excluding carboxylic acids is 3. The van der Waals surface area contributed by atoms with Crippen LogP contribution in [0.1, 0.15) is 18.4 Å². The molecule has 1 aliphatic heterocycles. The molecule has 0 spiro atoms. The Kier molecular flexibility index (Phi) is 4.74. The topological polar surface area (TPSA) is 66.5 Å². The maximum absolute atomic E-state index is 13.5. The van der Waals surface area contributed by atoms with Crippen LogP contribution >= 0.6 is 0 Å². The first-order valence-corrected chi connectivity index (χ1v) is 8.08. The van der Waals surface area contributed by atoms with Crippen LogP contribution in [-0.2, 0) is 20.8 Å². The Morgan fingerprint density at radius 3 is 2.38 bits per heavy atom. The van der Waals surface area contributed by atoms with Gasteiger partial charge in [0.15, 0.2) is 0 Å². The first kappa shape index (κ1) is 16.4. The number of benzene rings is 1. The molecular weight excluding hydrogens is 311 g/mol. The van der Waals surface area contributed by atoms with Crippen LogP contribution in [-0.4, -0.2) is 35.7 Å². The number of likely N-dealkylation sites (tertiary alicyclic amines) is 1. The zero-order valence-corrected chi connectivity index (χ0v) is 13.2. The summed E-state index contributed by atoms with van der Waals surface area (Å²) in [5, 5.41) is 2.64. The van der Waals surface area contributed by atoms with Crippen molar-refractivity contribution in [1.29, 1.82) is 0 Å². The molecule has 3 amide bonds. The lowest BCUT2D eigenvalue weighted by molar-refractivity contribution is -0.143. The summed E-state index contributed by atoms with van der Waals surface area (Å²) in [5.41, 5.74) is 0.517. The Morgan fingerprint density at radius 2 is 1.75 bits per heavy atom. The molecule has 2 atom stereocenters. The minimum atomic E-state index is -0.403. The number of nitrogens with zero attached hydrogens (tertiary/aromatic N) is 1. The lowest BCUT2D eigenvalue weighted by atomic mass is 9.85. The predicted molar refractivity (Wildman–Crippen MR) is 85.2 cm³/mol. The Labute approximate surface area is 139 Å². The van der Waals surface area contributed by atoms with Crippen LogP contribution < -0.4 is 5.32 Å². The number of nitrogens with one attached hydrogen (secondary N) is 1. The summed E-state index contributed by atoms with van der Waals surface area (Å²) < 4.78 is 13.5. The van der Waals surface area contributed by atoms with Crippen molar-refractivity contribution in [2.45, 2.75) is 19.3 Å². The molecule has 1 aromatic rings. The Morgan fingerprint density at radius 1 is 1.12 bits per heavy atom. The van der Waals surface area contributed by atoms with Gasteiger partial charge in [0.2, 0.25) is 17.7 Å². The van der Waals surface area contributed by atoms with Gasteiger partial charge in [-0.3, -0.25) is 19.3 Å². The number of amides is 3. The SMILES string of the molecule is O=C(CN1C(=O)[C@H]2CC=CC[C@H]2C1=O)NCCc1ccccc1F. The minimum Gasteiger partial charge on any atom is -0.354 e. The molecule has 1 aliphatic carbocycles. The van der Waals surface area contributed by atoms with Crippen molar-refractivity contribution >= 4 is 17.7 Å². The van der Waals surface area contributed by atoms with Crippen LogP contribution in [0.2, 0.25) is 0 Å². The molecule has 0 radical (unpaired) electrons. The predicted octanol–water partition coefficient (Wildman–Crippen LogP) is 1.44. The van der Waals surface area contributed by atoms with Crippen molar-refractivity contribution in [3.8, 4) is 0 Å². The number of imide groups is 1. The molecule has 1 heterocycles. The van der Waals surface area contributed by atoms with Gasteiger partial charge in [0.05, 0.1) is 11.8 Å². The molecule has 3 rings (SSSR count). The van der Waals surface area contributed by atoms with E-state index in [1.807, 2.05) is 12.2 Å². The van der Waals surface area contributed by atoms with Gasteiger partial charge in [-0.15, -0.1) is 0 Å². The first-order valence-electron chi connectivity index (χ1n) is 8.08. The fourth-order valence-corrected chi connectivity index (χ4v) is 3.26. The third kappa shape index (κ3) is 3.22. The third-order valence-electron chi connectivity index (χ3n) is 4.57. The fraction of sp³-hybridized carbons (Fsp3) is 0.389. The van der Waals surface area contributed by atoms with E-state index < -0.39 is 5.91 Å².